The Balaban J connectivity index is -0.0000000293. The summed E-state index contributed by atoms with van der Waals surface area (Å²) in [4.78, 5) is 4.00. The first-order chi connectivity index (χ1) is 6.29. The molecule has 100 valence electrons. The molecular formula is C12H37N3. The van der Waals surface area contributed by atoms with Gasteiger partial charge >= 0.3 is 0 Å². The van der Waals surface area contributed by atoms with E-state index in [2.05, 4.69) is 19.2 Å². The summed E-state index contributed by atoms with van der Waals surface area (Å²) in [6, 6.07) is 0. The van der Waals surface area contributed by atoms with Gasteiger partial charge in [0.05, 0.1) is 0 Å². The zero-order chi connectivity index (χ0) is 12.6. The van der Waals surface area contributed by atoms with Crippen molar-refractivity contribution in [3.05, 3.63) is 0 Å². The van der Waals surface area contributed by atoms with Crippen molar-refractivity contribution in [3.8, 4) is 0 Å². The van der Waals surface area contributed by atoms with Crippen molar-refractivity contribution in [2.24, 2.45) is 0 Å². The molecule has 1 N–H and O–H groups in total. The molecule has 0 radical (unpaired) electrons. The van der Waals surface area contributed by atoms with Gasteiger partial charge in [0, 0.05) is 0 Å². The quantitative estimate of drug-likeness (QED) is 0.679. The minimum atomic E-state index is 0. The Bertz CT molecular complexity index is 41.3. The molecule has 0 rings (SSSR count). The van der Waals surface area contributed by atoms with Gasteiger partial charge in [0.1, 0.15) is 0 Å². The van der Waals surface area contributed by atoms with Crippen LogP contribution in [-0.4, -0.2) is 66.2 Å². The first-order valence-electron chi connectivity index (χ1n) is 5.10. The van der Waals surface area contributed by atoms with E-state index in [4.69, 9.17) is 0 Å². The largest absolute Gasteiger partial charge is 0.323 e. The second-order valence-electron chi connectivity index (χ2n) is 3.89. The second kappa shape index (κ2) is 37.1. The minimum absolute atomic E-state index is 0. The number of hydrogen-bond acceptors (Lipinski definition) is 3. The summed E-state index contributed by atoms with van der Waals surface area (Å²) in [7, 11) is 15.8. The van der Waals surface area contributed by atoms with E-state index in [0.717, 1.165) is 0 Å². The minimum Gasteiger partial charge on any atom is -0.323 e. The van der Waals surface area contributed by atoms with E-state index in [1.807, 2.05) is 66.2 Å². The molecule has 0 heterocycles. The Kier molecular flexibility index (Phi) is 72.6. The molecule has 0 saturated carbocycles. The fourth-order valence-corrected chi connectivity index (χ4v) is 0. The maximum atomic E-state index is 2.75. The number of rotatable bonds is 0. The second-order valence-corrected chi connectivity index (χ2v) is 3.89. The van der Waals surface area contributed by atoms with Crippen molar-refractivity contribution in [1.82, 2.24) is 15.1 Å². The van der Waals surface area contributed by atoms with Gasteiger partial charge < -0.3 is 15.1 Å². The summed E-state index contributed by atoms with van der Waals surface area (Å²) >= 11 is 0. The van der Waals surface area contributed by atoms with Gasteiger partial charge in [0.2, 0.25) is 0 Å². The molecule has 0 saturated heterocycles. The third kappa shape index (κ3) is 136000. The van der Waals surface area contributed by atoms with Crippen LogP contribution in [0.15, 0.2) is 0 Å². The average molecular weight is 223 g/mol. The molecule has 3 heteroatoms. The molecule has 0 bridgehead atoms. The molecular weight excluding hydrogens is 186 g/mol. The molecule has 3 nitrogen and oxygen atoms in total. The summed E-state index contributed by atoms with van der Waals surface area (Å²) in [6.45, 7) is 4.25. The first-order valence-corrected chi connectivity index (χ1v) is 5.10. The highest BCUT2D eigenvalue weighted by atomic mass is 15.0. The fourth-order valence-electron chi connectivity index (χ4n) is 0. The number of nitrogens with zero attached hydrogens (tertiary/aromatic N) is 2. The van der Waals surface area contributed by atoms with Crippen LogP contribution in [-0.2, 0) is 0 Å². The molecule has 0 atom stereocenters. The molecule has 0 spiro atoms. The third-order valence-electron chi connectivity index (χ3n) is 0. The predicted octanol–water partition coefficient (Wildman–Crippen LogP) is 2.24. The number of hydrogen-bond donors (Lipinski definition) is 1. The van der Waals surface area contributed by atoms with Crippen LogP contribution in [0.25, 0.3) is 0 Å². The summed E-state index contributed by atoms with van der Waals surface area (Å²) in [5.74, 6) is 0. The van der Waals surface area contributed by atoms with Crippen molar-refractivity contribution < 1.29 is 0 Å². The molecule has 0 fully saturated rings. The monoisotopic (exact) mass is 223 g/mol. The van der Waals surface area contributed by atoms with E-state index < -0.39 is 0 Å². The Morgan fingerprint density at radius 2 is 0.733 bits per heavy atom. The van der Waals surface area contributed by atoms with Crippen LogP contribution in [0.3, 0.4) is 0 Å². The van der Waals surface area contributed by atoms with Gasteiger partial charge in [-0.15, -0.1) is 0 Å². The van der Waals surface area contributed by atoms with Crippen LogP contribution in [0, 0.1) is 0 Å². The fraction of sp³-hybridized carbons (Fsp3) is 1.00. The number of nitrogens with one attached hydrogen (secondary N) is 1. The molecule has 0 unspecified atom stereocenters. The summed E-state index contributed by atoms with van der Waals surface area (Å²) < 4.78 is 0. The Morgan fingerprint density at radius 1 is 0.733 bits per heavy atom. The smallest absolute Gasteiger partial charge is 0.0140 e. The van der Waals surface area contributed by atoms with E-state index in [0.29, 0.717) is 0 Å². The van der Waals surface area contributed by atoms with Gasteiger partial charge in [-0.3, -0.25) is 0 Å². The molecule has 0 aromatic heterocycles. The van der Waals surface area contributed by atoms with Crippen LogP contribution in [0.2, 0.25) is 0 Å². The summed E-state index contributed by atoms with van der Waals surface area (Å²) in [5.41, 5.74) is 0. The highest BCUT2D eigenvalue weighted by Crippen LogP contribution is 1.56. The average Bonchev–Trinajstić information content (AvgIpc) is 1.85. The van der Waals surface area contributed by atoms with Crippen LogP contribution in [0.1, 0.15) is 27.7 Å². The Hall–Kier alpha value is -0.120. The zero-order valence-corrected chi connectivity index (χ0v) is 12.1. The van der Waals surface area contributed by atoms with E-state index >= 15 is 0 Å². The van der Waals surface area contributed by atoms with Gasteiger partial charge in [-0.05, 0) is 56.4 Å². The molecule has 0 amide bonds. The third-order valence-corrected chi connectivity index (χ3v) is 0. The molecule has 0 aliphatic heterocycles. The van der Waals surface area contributed by atoms with Gasteiger partial charge in [0.25, 0.3) is 0 Å². The van der Waals surface area contributed by atoms with Gasteiger partial charge in [0.15, 0.2) is 0 Å². The van der Waals surface area contributed by atoms with Crippen molar-refractivity contribution >= 4 is 0 Å². The standard InChI is InChI=1S/2C3H9N.C3H8.C2H7N.CH4/c2*1-4(2)3;2*1-3-2;/h2*1-3H3;3H2,1-2H3;3H,1-2H3;1H4. The molecule has 15 heavy (non-hydrogen) atoms. The van der Waals surface area contributed by atoms with Crippen molar-refractivity contribution in [2.75, 3.05) is 56.4 Å². The van der Waals surface area contributed by atoms with Crippen molar-refractivity contribution in [1.29, 1.82) is 0 Å². The zero-order valence-electron chi connectivity index (χ0n) is 12.1. The summed E-state index contributed by atoms with van der Waals surface area (Å²) in [6.07, 6.45) is 1.25. The van der Waals surface area contributed by atoms with Crippen LogP contribution < -0.4 is 5.32 Å². The lowest BCUT2D eigenvalue weighted by Crippen LogP contribution is -1.99. The Morgan fingerprint density at radius 3 is 0.733 bits per heavy atom. The van der Waals surface area contributed by atoms with Crippen LogP contribution in [0.4, 0.5) is 0 Å². The van der Waals surface area contributed by atoms with Gasteiger partial charge in [-0.2, -0.15) is 0 Å². The molecule has 0 aromatic carbocycles. The topological polar surface area (TPSA) is 18.5 Å². The van der Waals surface area contributed by atoms with E-state index in [9.17, 15) is 0 Å². The molecule has 0 aromatic rings. The maximum Gasteiger partial charge on any atom is -0.0140 e. The normalized spacial score (nSPS) is 7.20. The maximum absolute atomic E-state index is 2.75. The molecule has 0 aliphatic carbocycles. The van der Waals surface area contributed by atoms with E-state index in [1.165, 1.54) is 6.42 Å². The van der Waals surface area contributed by atoms with Crippen molar-refractivity contribution in [3.63, 3.8) is 0 Å². The van der Waals surface area contributed by atoms with Crippen LogP contribution >= 0.6 is 0 Å². The lowest BCUT2D eigenvalue weighted by molar-refractivity contribution is 0.505. The summed E-state index contributed by atoms with van der Waals surface area (Å²) in [5, 5.41) is 2.75. The lowest BCUT2D eigenvalue weighted by Gasteiger charge is -1.90. The van der Waals surface area contributed by atoms with Gasteiger partial charge in [-0.25, -0.2) is 0 Å². The lowest BCUT2D eigenvalue weighted by atomic mass is 10.6. The van der Waals surface area contributed by atoms with E-state index in [-0.39, 0.29) is 7.43 Å². The highest BCUT2D eigenvalue weighted by molar-refractivity contribution is 4.09. The van der Waals surface area contributed by atoms with Crippen molar-refractivity contribution in [2.45, 2.75) is 27.7 Å². The first kappa shape index (κ1) is 29.4. The van der Waals surface area contributed by atoms with Crippen LogP contribution in [0.5, 0.6) is 0 Å². The molecule has 0 aliphatic rings. The van der Waals surface area contributed by atoms with E-state index in [1.54, 1.807) is 0 Å². The van der Waals surface area contributed by atoms with Gasteiger partial charge in [-0.1, -0.05) is 27.7 Å². The Labute approximate surface area is 99.8 Å². The SMILES string of the molecule is C.CCC.CN(C)C.CN(C)C.CNC. The predicted molar refractivity (Wildman–Crippen MR) is 76.9 cm³/mol. The highest BCUT2D eigenvalue weighted by Gasteiger charge is 1.58.